The second-order valence-electron chi connectivity index (χ2n) is 14.5. The van der Waals surface area contributed by atoms with Gasteiger partial charge < -0.3 is 30.2 Å². The molecule has 3 aromatic carbocycles. The number of fused-ring (bicyclic) bond motifs is 1. The Morgan fingerprint density at radius 3 is 2.31 bits per heavy atom. The van der Waals surface area contributed by atoms with Crippen molar-refractivity contribution in [3.05, 3.63) is 89.1 Å². The third-order valence-corrected chi connectivity index (χ3v) is 11.1. The van der Waals surface area contributed by atoms with Gasteiger partial charge in [0, 0.05) is 48.1 Å². The quantitative estimate of drug-likeness (QED) is 0.125. The predicted molar refractivity (Wildman–Crippen MR) is 197 cm³/mol. The molecular weight excluding hydrogens is 610 g/mol. The van der Waals surface area contributed by atoms with Crippen molar-refractivity contribution in [1.82, 2.24) is 9.88 Å². The molecular formula is C42H55N3O4. The molecule has 0 saturated heterocycles. The highest BCUT2D eigenvalue weighted by Crippen LogP contribution is 2.37. The van der Waals surface area contributed by atoms with E-state index in [2.05, 4.69) is 40.2 Å². The monoisotopic (exact) mass is 665 g/mol. The molecule has 7 nitrogen and oxygen atoms in total. The topological polar surface area (TPSA) is 101 Å². The third kappa shape index (κ3) is 8.99. The Morgan fingerprint density at radius 1 is 0.898 bits per heavy atom. The number of aromatic nitrogens is 1. The standard InChI is InChI=1S/C42H55N3O4/c1-3-49-41-27-32(17-24-40(41)48-2)28-45(34-20-13-30(14-21-34)25-29-11-18-33(43)19-12-29)42(47)10-6-8-37-36-7-4-5-9-38(36)44-39(37)26-31-15-22-35(46)23-16-31/h4-5,7,9,15-17,22-24,27,29-30,33-34,44,46H,3,6,8,10-14,18-21,25-26,28,43H2,1-2H3. The van der Waals surface area contributed by atoms with Gasteiger partial charge in [-0.05, 0) is 136 Å². The fraction of sp³-hybridized carbons (Fsp3) is 0.500. The van der Waals surface area contributed by atoms with E-state index < -0.39 is 0 Å². The van der Waals surface area contributed by atoms with E-state index in [0.29, 0.717) is 25.6 Å². The van der Waals surface area contributed by atoms with Crippen LogP contribution < -0.4 is 15.2 Å². The van der Waals surface area contributed by atoms with Crippen LogP contribution in [-0.4, -0.2) is 46.7 Å². The molecule has 1 heterocycles. The minimum Gasteiger partial charge on any atom is -0.508 e. The molecule has 1 amide bonds. The lowest BCUT2D eigenvalue weighted by Gasteiger charge is -2.39. The summed E-state index contributed by atoms with van der Waals surface area (Å²) in [4.78, 5) is 20.1. The zero-order valence-electron chi connectivity index (χ0n) is 29.5. The van der Waals surface area contributed by atoms with Gasteiger partial charge in [0.05, 0.1) is 13.7 Å². The Kier molecular flexibility index (Phi) is 11.8. The molecule has 6 rings (SSSR count). The van der Waals surface area contributed by atoms with Crippen LogP contribution >= 0.6 is 0 Å². The lowest BCUT2D eigenvalue weighted by molar-refractivity contribution is -0.135. The fourth-order valence-corrected chi connectivity index (χ4v) is 8.36. The van der Waals surface area contributed by atoms with Gasteiger partial charge in [-0.1, -0.05) is 36.4 Å². The predicted octanol–water partition coefficient (Wildman–Crippen LogP) is 8.69. The highest BCUT2D eigenvalue weighted by Gasteiger charge is 2.31. The first-order chi connectivity index (χ1) is 23.9. The number of aryl methyl sites for hydroxylation is 1. The number of H-pyrrole nitrogens is 1. The number of nitrogens with one attached hydrogen (secondary N) is 1. The zero-order chi connectivity index (χ0) is 34.2. The number of aromatic hydroxyl groups is 1. The molecule has 0 radical (unpaired) electrons. The molecule has 262 valence electrons. The van der Waals surface area contributed by atoms with Gasteiger partial charge in [-0.25, -0.2) is 0 Å². The first kappa shape index (κ1) is 34.9. The van der Waals surface area contributed by atoms with Crippen LogP contribution in [0.15, 0.2) is 66.7 Å². The highest BCUT2D eigenvalue weighted by atomic mass is 16.5. The van der Waals surface area contributed by atoms with Gasteiger partial charge in [-0.15, -0.1) is 0 Å². The molecule has 4 N–H and O–H groups in total. The number of carbonyl (C=O) groups excluding carboxylic acids is 1. The second-order valence-corrected chi connectivity index (χ2v) is 14.5. The summed E-state index contributed by atoms with van der Waals surface area (Å²) in [5, 5.41) is 11.0. The SMILES string of the molecule is CCOc1cc(CN(C(=O)CCCc2c(Cc3ccc(O)cc3)[nH]c3ccccc23)C2CCC(CC3CCC(N)CC3)CC2)ccc1OC. The van der Waals surface area contributed by atoms with E-state index in [1.54, 1.807) is 19.2 Å². The Balaban J connectivity index is 1.15. The molecule has 0 unspecified atom stereocenters. The smallest absolute Gasteiger partial charge is 0.223 e. The molecule has 7 heteroatoms. The number of amides is 1. The Morgan fingerprint density at radius 2 is 1.59 bits per heavy atom. The van der Waals surface area contributed by atoms with E-state index in [1.807, 2.05) is 31.2 Å². The average molecular weight is 666 g/mol. The fourth-order valence-electron chi connectivity index (χ4n) is 8.36. The van der Waals surface area contributed by atoms with Gasteiger partial charge >= 0.3 is 0 Å². The Hall–Kier alpha value is -3.97. The minimum absolute atomic E-state index is 0.235. The Bertz CT molecular complexity index is 1650. The van der Waals surface area contributed by atoms with Crippen LogP contribution in [0.2, 0.25) is 0 Å². The molecule has 2 saturated carbocycles. The summed E-state index contributed by atoms with van der Waals surface area (Å²) in [6.45, 7) is 3.12. The summed E-state index contributed by atoms with van der Waals surface area (Å²) < 4.78 is 11.4. The van der Waals surface area contributed by atoms with Crippen LogP contribution in [0, 0.1) is 11.8 Å². The maximum absolute atomic E-state index is 14.2. The van der Waals surface area contributed by atoms with Crippen molar-refractivity contribution in [3.8, 4) is 17.2 Å². The highest BCUT2D eigenvalue weighted by molar-refractivity contribution is 5.85. The van der Waals surface area contributed by atoms with E-state index in [-0.39, 0.29) is 17.7 Å². The second kappa shape index (κ2) is 16.6. The summed E-state index contributed by atoms with van der Waals surface area (Å²) in [5.74, 6) is 3.53. The maximum Gasteiger partial charge on any atom is 0.223 e. The van der Waals surface area contributed by atoms with Gasteiger partial charge in [-0.3, -0.25) is 4.79 Å². The zero-order valence-corrected chi connectivity index (χ0v) is 29.5. The summed E-state index contributed by atoms with van der Waals surface area (Å²) in [7, 11) is 1.66. The summed E-state index contributed by atoms with van der Waals surface area (Å²) in [6, 6.07) is 22.6. The van der Waals surface area contributed by atoms with Crippen LogP contribution in [0.1, 0.15) is 99.9 Å². The van der Waals surface area contributed by atoms with Crippen LogP contribution in [0.5, 0.6) is 17.2 Å². The lowest BCUT2D eigenvalue weighted by Crippen LogP contribution is -2.42. The molecule has 2 fully saturated rings. The van der Waals surface area contributed by atoms with Gasteiger partial charge in [0.2, 0.25) is 5.91 Å². The molecule has 0 aliphatic heterocycles. The number of ether oxygens (including phenoxy) is 2. The lowest BCUT2D eigenvalue weighted by atomic mass is 9.75. The van der Waals surface area contributed by atoms with Crippen molar-refractivity contribution in [1.29, 1.82) is 0 Å². The summed E-state index contributed by atoms with van der Waals surface area (Å²) >= 11 is 0. The number of aromatic amines is 1. The molecule has 0 spiro atoms. The number of benzene rings is 3. The van der Waals surface area contributed by atoms with E-state index in [0.717, 1.165) is 72.1 Å². The normalized spacial score (nSPS) is 21.0. The largest absolute Gasteiger partial charge is 0.508 e. The van der Waals surface area contributed by atoms with E-state index in [9.17, 15) is 9.90 Å². The maximum atomic E-state index is 14.2. The van der Waals surface area contributed by atoms with Crippen molar-refractivity contribution in [2.24, 2.45) is 17.6 Å². The number of methoxy groups -OCH3 is 1. The van der Waals surface area contributed by atoms with Crippen LogP contribution in [0.3, 0.4) is 0 Å². The van der Waals surface area contributed by atoms with Gasteiger partial charge in [-0.2, -0.15) is 0 Å². The molecule has 49 heavy (non-hydrogen) atoms. The van der Waals surface area contributed by atoms with Gasteiger partial charge in [0.1, 0.15) is 5.75 Å². The number of phenols is 1. The molecule has 4 aromatic rings. The van der Waals surface area contributed by atoms with E-state index in [4.69, 9.17) is 15.2 Å². The first-order valence-electron chi connectivity index (χ1n) is 18.6. The number of phenolic OH excluding ortho intramolecular Hbond substituents is 1. The third-order valence-electron chi connectivity index (χ3n) is 11.1. The molecule has 1 aromatic heterocycles. The van der Waals surface area contributed by atoms with Crippen LogP contribution in [0.25, 0.3) is 10.9 Å². The molecule has 2 aliphatic rings. The summed E-state index contributed by atoms with van der Waals surface area (Å²) in [5.41, 5.74) is 12.0. The van der Waals surface area contributed by atoms with Gasteiger partial charge in [0.15, 0.2) is 11.5 Å². The van der Waals surface area contributed by atoms with Crippen molar-refractivity contribution in [2.45, 2.75) is 109 Å². The van der Waals surface area contributed by atoms with Crippen molar-refractivity contribution in [2.75, 3.05) is 13.7 Å². The minimum atomic E-state index is 0.235. The van der Waals surface area contributed by atoms with Crippen molar-refractivity contribution >= 4 is 16.8 Å². The number of nitrogens with two attached hydrogens (primary N) is 1. The van der Waals surface area contributed by atoms with Crippen molar-refractivity contribution < 1.29 is 19.4 Å². The number of rotatable bonds is 14. The molecule has 0 bridgehead atoms. The molecule has 0 atom stereocenters. The van der Waals surface area contributed by atoms with Gasteiger partial charge in [0.25, 0.3) is 0 Å². The average Bonchev–Trinajstić information content (AvgIpc) is 3.46. The number of carbonyl (C=O) groups is 1. The van der Waals surface area contributed by atoms with Crippen LogP contribution in [0.4, 0.5) is 0 Å². The number of nitrogens with zero attached hydrogens (tertiary/aromatic N) is 1. The number of hydrogen-bond donors (Lipinski definition) is 3. The number of hydrogen-bond acceptors (Lipinski definition) is 5. The van der Waals surface area contributed by atoms with Crippen LogP contribution in [-0.2, 0) is 24.2 Å². The van der Waals surface area contributed by atoms with E-state index >= 15 is 0 Å². The van der Waals surface area contributed by atoms with E-state index in [1.165, 1.54) is 61.6 Å². The molecule has 2 aliphatic carbocycles. The van der Waals surface area contributed by atoms with Crippen molar-refractivity contribution in [3.63, 3.8) is 0 Å². The Labute approximate surface area is 292 Å². The summed E-state index contributed by atoms with van der Waals surface area (Å²) in [6.07, 6.45) is 13.6. The first-order valence-corrected chi connectivity index (χ1v) is 18.6. The number of para-hydroxylation sites is 1.